The Labute approximate surface area is 115 Å². The number of amides is 1. The Hall–Kier alpha value is -2.30. The van der Waals surface area contributed by atoms with Crippen LogP contribution in [0.3, 0.4) is 0 Å². The maximum absolute atomic E-state index is 11.8. The van der Waals surface area contributed by atoms with E-state index in [1.165, 1.54) is 0 Å². The maximum atomic E-state index is 11.8. The zero-order valence-corrected chi connectivity index (χ0v) is 11.1. The number of carboxylic acids is 1. The van der Waals surface area contributed by atoms with Crippen molar-refractivity contribution in [3.63, 3.8) is 0 Å². The lowest BCUT2D eigenvalue weighted by Gasteiger charge is -2.14. The molecule has 0 aliphatic carbocycles. The summed E-state index contributed by atoms with van der Waals surface area (Å²) in [6.07, 6.45) is 0.0780. The molecule has 1 amide bonds. The second-order valence-electron chi connectivity index (χ2n) is 5.16. The van der Waals surface area contributed by atoms with Gasteiger partial charge in [-0.1, -0.05) is 18.2 Å². The van der Waals surface area contributed by atoms with Crippen molar-refractivity contribution >= 4 is 22.8 Å². The largest absolute Gasteiger partial charge is 0.481 e. The molecule has 1 atom stereocenters. The second kappa shape index (κ2) is 4.67. The highest BCUT2D eigenvalue weighted by atomic mass is 16.4. The van der Waals surface area contributed by atoms with Crippen molar-refractivity contribution in [3.8, 4) is 0 Å². The fraction of sp³-hybridized carbons (Fsp3) is 0.333. The number of hydrogen-bond donors (Lipinski definition) is 1. The molecule has 1 aromatic heterocycles. The fourth-order valence-electron chi connectivity index (χ4n) is 2.64. The van der Waals surface area contributed by atoms with Crippen LogP contribution in [0.25, 0.3) is 11.0 Å². The molecule has 0 spiro atoms. The predicted octanol–water partition coefficient (Wildman–Crippen LogP) is 2.17. The van der Waals surface area contributed by atoms with Gasteiger partial charge in [-0.2, -0.15) is 0 Å². The van der Waals surface area contributed by atoms with Crippen molar-refractivity contribution in [2.45, 2.75) is 19.9 Å². The van der Waals surface area contributed by atoms with Crippen molar-refractivity contribution in [1.29, 1.82) is 0 Å². The molecule has 1 aromatic carbocycles. The van der Waals surface area contributed by atoms with E-state index < -0.39 is 11.9 Å². The van der Waals surface area contributed by atoms with Gasteiger partial charge in [-0.05, 0) is 13.0 Å². The van der Waals surface area contributed by atoms with E-state index in [1.807, 2.05) is 31.2 Å². The van der Waals surface area contributed by atoms with E-state index in [0.717, 1.165) is 22.3 Å². The molecule has 0 radical (unpaired) electrons. The highest BCUT2D eigenvalue weighted by Crippen LogP contribution is 2.28. The third-order valence-electron chi connectivity index (χ3n) is 3.84. The van der Waals surface area contributed by atoms with Crippen LogP contribution in [0.15, 0.2) is 28.7 Å². The van der Waals surface area contributed by atoms with Crippen molar-refractivity contribution in [2.24, 2.45) is 5.92 Å². The lowest BCUT2D eigenvalue weighted by molar-refractivity contribution is -0.141. The van der Waals surface area contributed by atoms with Gasteiger partial charge in [-0.15, -0.1) is 0 Å². The van der Waals surface area contributed by atoms with Crippen LogP contribution < -0.4 is 0 Å². The average molecular weight is 273 g/mol. The molecule has 2 aromatic rings. The van der Waals surface area contributed by atoms with Crippen LogP contribution in [-0.2, 0) is 16.1 Å². The number of carboxylic acid groups (broad SMARTS) is 1. The summed E-state index contributed by atoms with van der Waals surface area (Å²) in [5, 5.41) is 10.0. The highest BCUT2D eigenvalue weighted by Gasteiger charge is 2.34. The maximum Gasteiger partial charge on any atom is 0.308 e. The Bertz CT molecular complexity index is 688. The number of carbonyl (C=O) groups excluding carboxylic acids is 1. The number of para-hydroxylation sites is 1. The van der Waals surface area contributed by atoms with E-state index >= 15 is 0 Å². The monoisotopic (exact) mass is 273 g/mol. The lowest BCUT2D eigenvalue weighted by Crippen LogP contribution is -2.25. The second-order valence-corrected chi connectivity index (χ2v) is 5.16. The summed E-state index contributed by atoms with van der Waals surface area (Å²) in [7, 11) is 0. The molecule has 1 unspecified atom stereocenters. The van der Waals surface area contributed by atoms with Crippen LogP contribution in [0, 0.1) is 12.8 Å². The van der Waals surface area contributed by atoms with Gasteiger partial charge in [0.1, 0.15) is 11.3 Å². The number of nitrogens with zero attached hydrogens (tertiary/aromatic N) is 1. The fourth-order valence-corrected chi connectivity index (χ4v) is 2.64. The molecule has 1 fully saturated rings. The topological polar surface area (TPSA) is 70.8 Å². The summed E-state index contributed by atoms with van der Waals surface area (Å²) in [5.41, 5.74) is 1.80. The van der Waals surface area contributed by atoms with E-state index in [4.69, 9.17) is 9.52 Å². The molecule has 1 saturated heterocycles. The summed E-state index contributed by atoms with van der Waals surface area (Å²) in [6, 6.07) is 7.70. The molecule has 20 heavy (non-hydrogen) atoms. The minimum atomic E-state index is -0.915. The molecule has 1 aliphatic heterocycles. The normalized spacial score (nSPS) is 18.9. The van der Waals surface area contributed by atoms with Gasteiger partial charge in [-0.3, -0.25) is 9.59 Å². The minimum Gasteiger partial charge on any atom is -0.481 e. The summed E-state index contributed by atoms with van der Waals surface area (Å²) in [4.78, 5) is 24.4. The first-order chi connectivity index (χ1) is 9.56. The Morgan fingerprint density at radius 3 is 2.85 bits per heavy atom. The van der Waals surface area contributed by atoms with Crippen molar-refractivity contribution in [3.05, 3.63) is 35.6 Å². The Morgan fingerprint density at radius 2 is 2.20 bits per heavy atom. The van der Waals surface area contributed by atoms with Gasteiger partial charge in [0.05, 0.1) is 12.5 Å². The van der Waals surface area contributed by atoms with Crippen LogP contribution in [0.5, 0.6) is 0 Å². The predicted molar refractivity (Wildman–Crippen MR) is 72.1 cm³/mol. The number of likely N-dealkylation sites (tertiary alicyclic amines) is 1. The summed E-state index contributed by atoms with van der Waals surface area (Å²) in [6.45, 7) is 2.55. The number of aryl methyl sites for hydroxylation is 1. The molecule has 2 heterocycles. The first-order valence-corrected chi connectivity index (χ1v) is 6.54. The molecule has 104 valence electrons. The van der Waals surface area contributed by atoms with Gasteiger partial charge in [0.15, 0.2) is 0 Å². The molecule has 5 nitrogen and oxygen atoms in total. The van der Waals surface area contributed by atoms with Gasteiger partial charge >= 0.3 is 5.97 Å². The zero-order chi connectivity index (χ0) is 14.3. The van der Waals surface area contributed by atoms with Crippen molar-refractivity contribution < 1.29 is 19.1 Å². The smallest absolute Gasteiger partial charge is 0.308 e. The van der Waals surface area contributed by atoms with Crippen LogP contribution in [0.2, 0.25) is 0 Å². The van der Waals surface area contributed by atoms with Crippen molar-refractivity contribution in [2.75, 3.05) is 6.54 Å². The molecular formula is C15H15NO4. The van der Waals surface area contributed by atoms with E-state index in [2.05, 4.69) is 0 Å². The number of benzene rings is 1. The number of rotatable bonds is 3. The Balaban J connectivity index is 1.85. The van der Waals surface area contributed by atoms with Crippen LogP contribution >= 0.6 is 0 Å². The zero-order valence-electron chi connectivity index (χ0n) is 11.1. The van der Waals surface area contributed by atoms with Gasteiger partial charge in [-0.25, -0.2) is 0 Å². The molecule has 1 aliphatic rings. The average Bonchev–Trinajstić information content (AvgIpc) is 2.93. The third kappa shape index (κ3) is 2.05. The van der Waals surface area contributed by atoms with Crippen LogP contribution in [0.4, 0.5) is 0 Å². The number of fused-ring (bicyclic) bond motifs is 1. The van der Waals surface area contributed by atoms with Gasteiger partial charge < -0.3 is 14.4 Å². The molecule has 3 rings (SSSR count). The number of furan rings is 1. The third-order valence-corrected chi connectivity index (χ3v) is 3.84. The van der Waals surface area contributed by atoms with E-state index in [0.29, 0.717) is 6.54 Å². The standard InChI is InChI=1S/C15H15NO4/c1-9-11-4-2-3-5-12(11)20-13(9)8-16-7-10(15(18)19)6-14(16)17/h2-5,10H,6-8H2,1H3,(H,18,19). The summed E-state index contributed by atoms with van der Waals surface area (Å²) < 4.78 is 5.76. The Morgan fingerprint density at radius 1 is 1.45 bits per heavy atom. The first-order valence-electron chi connectivity index (χ1n) is 6.54. The quantitative estimate of drug-likeness (QED) is 0.930. The van der Waals surface area contributed by atoms with Gasteiger partial charge in [0.25, 0.3) is 0 Å². The highest BCUT2D eigenvalue weighted by molar-refractivity contribution is 5.86. The van der Waals surface area contributed by atoms with Crippen molar-refractivity contribution in [1.82, 2.24) is 4.90 Å². The van der Waals surface area contributed by atoms with Gasteiger partial charge in [0, 0.05) is 23.9 Å². The molecule has 0 saturated carbocycles. The Kier molecular flexibility index (Phi) is 2.97. The van der Waals surface area contributed by atoms with E-state index in [1.54, 1.807) is 4.90 Å². The van der Waals surface area contributed by atoms with Gasteiger partial charge in [0.2, 0.25) is 5.91 Å². The number of carbonyl (C=O) groups is 2. The van der Waals surface area contributed by atoms with Crippen LogP contribution in [-0.4, -0.2) is 28.4 Å². The number of aliphatic carboxylic acids is 1. The van der Waals surface area contributed by atoms with E-state index in [9.17, 15) is 9.59 Å². The SMILES string of the molecule is Cc1c(CN2CC(C(=O)O)CC2=O)oc2ccccc12. The lowest BCUT2D eigenvalue weighted by atomic mass is 10.1. The van der Waals surface area contributed by atoms with Crippen LogP contribution in [0.1, 0.15) is 17.7 Å². The summed E-state index contributed by atoms with van der Waals surface area (Å²) >= 11 is 0. The molecular weight excluding hydrogens is 258 g/mol. The number of hydrogen-bond acceptors (Lipinski definition) is 3. The first kappa shape index (κ1) is 12.7. The van der Waals surface area contributed by atoms with E-state index in [-0.39, 0.29) is 18.9 Å². The minimum absolute atomic E-state index is 0.0780. The summed E-state index contributed by atoms with van der Waals surface area (Å²) in [5.74, 6) is -0.919. The molecule has 5 heteroatoms. The molecule has 1 N–H and O–H groups in total. The molecule has 0 bridgehead atoms.